The lowest BCUT2D eigenvalue weighted by atomic mass is 9.86. The number of nitrogens with one attached hydrogen (secondary N) is 2. The fourth-order valence-corrected chi connectivity index (χ4v) is 8.88. The lowest BCUT2D eigenvalue weighted by molar-refractivity contribution is -0.136. The standard InChI is InChI=1S/C39H41F2N9O7/c40-34(41)33-28(43-36(52)27-16-42-48-13-12-30(44-35(27)48)47-17-25-15-24(47)20-57-25)18-49(46-33)23-8-6-21(7-9-23)19-56-14-2-4-22-3-1-5-26-32(22)39(55)50(38(26)54)29-10-11-31(51)45-37(29)53/h1,3,5,12-13,16,18,21,23-25,29,34H,2,4,6-11,14-15,17,19-20H2,(H,43,52)(H,45,51,53)/t21?,23?,24-,25-,29?/m1/s1. The van der Waals surface area contributed by atoms with Crippen molar-refractivity contribution in [3.63, 3.8) is 0 Å². The number of benzene rings is 1. The molecular formula is C39H41F2N9O7. The summed E-state index contributed by atoms with van der Waals surface area (Å²) in [5.74, 6) is -1.75. The monoisotopic (exact) mass is 785 g/mol. The van der Waals surface area contributed by atoms with E-state index in [9.17, 15) is 32.8 Å². The van der Waals surface area contributed by atoms with Gasteiger partial charge in [-0.2, -0.15) is 10.2 Å². The predicted octanol–water partition coefficient (Wildman–Crippen LogP) is 3.88. The molecule has 0 radical (unpaired) electrons. The maximum atomic E-state index is 14.2. The Labute approximate surface area is 324 Å². The highest BCUT2D eigenvalue weighted by atomic mass is 19.3. The quantitative estimate of drug-likeness (QED) is 0.157. The van der Waals surface area contributed by atoms with Gasteiger partial charge in [0.2, 0.25) is 11.8 Å². The number of rotatable bonds is 12. The van der Waals surface area contributed by atoms with Crippen molar-refractivity contribution in [1.82, 2.24) is 34.6 Å². The third-order valence-electron chi connectivity index (χ3n) is 11.8. The van der Waals surface area contributed by atoms with Gasteiger partial charge in [-0.15, -0.1) is 0 Å². The van der Waals surface area contributed by atoms with Gasteiger partial charge < -0.3 is 19.7 Å². The molecule has 1 unspecified atom stereocenters. The number of carbonyl (C=O) groups excluding carboxylic acids is 5. The summed E-state index contributed by atoms with van der Waals surface area (Å²) in [4.78, 5) is 71.9. The third kappa shape index (κ3) is 6.94. The van der Waals surface area contributed by atoms with Crippen LogP contribution in [0.5, 0.6) is 0 Å². The first kappa shape index (κ1) is 37.0. The Hall–Kier alpha value is -5.62. The molecule has 298 valence electrons. The number of amides is 5. The van der Waals surface area contributed by atoms with Crippen molar-refractivity contribution in [3.8, 4) is 0 Å². The van der Waals surface area contributed by atoms with E-state index in [2.05, 4.69) is 25.7 Å². The van der Waals surface area contributed by atoms with Crippen LogP contribution in [0.3, 0.4) is 0 Å². The number of morpholine rings is 1. The highest BCUT2D eigenvalue weighted by molar-refractivity contribution is 6.24. The Bertz CT molecular complexity index is 2270. The normalized spacial score (nSPS) is 24.6. The summed E-state index contributed by atoms with van der Waals surface area (Å²) in [6.07, 6.45) is 7.05. The van der Waals surface area contributed by atoms with E-state index in [1.165, 1.54) is 21.6 Å². The van der Waals surface area contributed by atoms with Crippen LogP contribution in [0.25, 0.3) is 5.65 Å². The molecule has 5 amide bonds. The maximum Gasteiger partial charge on any atom is 0.284 e. The van der Waals surface area contributed by atoms with Crippen LogP contribution >= 0.6 is 0 Å². The Kier molecular flexibility index (Phi) is 9.76. The summed E-state index contributed by atoms with van der Waals surface area (Å²) >= 11 is 0. The van der Waals surface area contributed by atoms with E-state index in [4.69, 9.17) is 14.5 Å². The zero-order chi connectivity index (χ0) is 39.4. The van der Waals surface area contributed by atoms with Crippen molar-refractivity contribution in [2.75, 3.05) is 36.6 Å². The second kappa shape index (κ2) is 15.0. The number of hydrogen-bond acceptors (Lipinski definition) is 11. The van der Waals surface area contributed by atoms with E-state index in [0.29, 0.717) is 68.1 Å². The molecule has 2 bridgehead atoms. The van der Waals surface area contributed by atoms with Crippen LogP contribution in [0.4, 0.5) is 20.3 Å². The number of ether oxygens (including phenoxy) is 2. The Morgan fingerprint density at radius 3 is 2.65 bits per heavy atom. The molecule has 4 fully saturated rings. The van der Waals surface area contributed by atoms with Gasteiger partial charge in [-0.25, -0.2) is 18.3 Å². The third-order valence-corrected chi connectivity index (χ3v) is 11.8. The average Bonchev–Trinajstić information content (AvgIpc) is 4.05. The molecule has 4 aromatic rings. The molecule has 3 atom stereocenters. The lowest BCUT2D eigenvalue weighted by Crippen LogP contribution is -2.54. The van der Waals surface area contributed by atoms with Crippen molar-refractivity contribution < 1.29 is 42.2 Å². The van der Waals surface area contributed by atoms with Gasteiger partial charge in [-0.3, -0.25) is 38.9 Å². The summed E-state index contributed by atoms with van der Waals surface area (Å²) in [5.41, 5.74) is 1.20. The van der Waals surface area contributed by atoms with E-state index in [-0.39, 0.29) is 53.8 Å². The number of aromatic nitrogens is 5. The minimum absolute atomic E-state index is 0.0521. The largest absolute Gasteiger partial charge is 0.381 e. The van der Waals surface area contributed by atoms with Gasteiger partial charge in [0, 0.05) is 38.6 Å². The molecule has 5 aliphatic rings. The smallest absolute Gasteiger partial charge is 0.284 e. The van der Waals surface area contributed by atoms with Gasteiger partial charge >= 0.3 is 0 Å². The van der Waals surface area contributed by atoms with Crippen molar-refractivity contribution in [3.05, 3.63) is 70.8 Å². The molecule has 7 heterocycles. The van der Waals surface area contributed by atoms with Crippen molar-refractivity contribution >= 4 is 46.7 Å². The number of halogens is 2. The predicted molar refractivity (Wildman–Crippen MR) is 197 cm³/mol. The van der Waals surface area contributed by atoms with Gasteiger partial charge in [0.05, 0.1) is 47.8 Å². The second-order valence-corrected chi connectivity index (χ2v) is 15.4. The summed E-state index contributed by atoms with van der Waals surface area (Å²) in [6.45, 7) is 2.30. The zero-order valence-corrected chi connectivity index (χ0v) is 30.9. The van der Waals surface area contributed by atoms with Gasteiger partial charge in [0.1, 0.15) is 17.4 Å². The van der Waals surface area contributed by atoms with Crippen molar-refractivity contribution in [2.24, 2.45) is 5.92 Å². The topological polar surface area (TPSA) is 182 Å². The van der Waals surface area contributed by atoms with Crippen LogP contribution in [0, 0.1) is 5.92 Å². The Morgan fingerprint density at radius 2 is 1.89 bits per heavy atom. The minimum Gasteiger partial charge on any atom is -0.381 e. The molecule has 1 saturated carbocycles. The first-order chi connectivity index (χ1) is 27.6. The number of nitrogens with zero attached hydrogens (tertiary/aromatic N) is 7. The van der Waals surface area contributed by atoms with E-state index >= 15 is 0 Å². The van der Waals surface area contributed by atoms with Crippen LogP contribution < -0.4 is 15.5 Å². The molecule has 57 heavy (non-hydrogen) atoms. The van der Waals surface area contributed by atoms with Gasteiger partial charge in [-0.05, 0) is 75.0 Å². The molecule has 2 N–H and O–H groups in total. The number of hydrogen-bond donors (Lipinski definition) is 2. The number of carbonyl (C=O) groups is 5. The summed E-state index contributed by atoms with van der Waals surface area (Å²) in [5, 5.41) is 13.3. The van der Waals surface area contributed by atoms with Gasteiger partial charge in [0.15, 0.2) is 11.3 Å². The molecule has 16 nitrogen and oxygen atoms in total. The number of piperidine rings is 1. The zero-order valence-electron chi connectivity index (χ0n) is 30.9. The van der Waals surface area contributed by atoms with E-state index in [1.54, 1.807) is 24.4 Å². The number of imide groups is 2. The number of fused-ring (bicyclic) bond motifs is 4. The van der Waals surface area contributed by atoms with Crippen LogP contribution in [-0.4, -0.2) is 103 Å². The van der Waals surface area contributed by atoms with Crippen molar-refractivity contribution in [1.29, 1.82) is 0 Å². The average molecular weight is 786 g/mol. The van der Waals surface area contributed by atoms with E-state index in [1.807, 2.05) is 6.07 Å². The number of anilines is 2. The molecule has 3 saturated heterocycles. The van der Waals surface area contributed by atoms with E-state index < -0.39 is 47.7 Å². The first-order valence-electron chi connectivity index (χ1n) is 19.4. The Morgan fingerprint density at radius 1 is 1.05 bits per heavy atom. The second-order valence-electron chi connectivity index (χ2n) is 15.4. The first-order valence-corrected chi connectivity index (χ1v) is 19.4. The molecule has 18 heteroatoms. The van der Waals surface area contributed by atoms with Crippen LogP contribution in [-0.2, 0) is 25.5 Å². The SMILES string of the molecule is O=C1CCC(N2C(=O)c3cccc(CCCOCC4CCC(n5cc(NC(=O)c6cnn7ccc(N8C[C@H]9C[C@@H]8CO9)nc67)c(C(F)F)n5)CC4)c3C2=O)C(=O)N1. The molecule has 0 spiro atoms. The van der Waals surface area contributed by atoms with Crippen LogP contribution in [0.15, 0.2) is 42.9 Å². The molecular weight excluding hydrogens is 744 g/mol. The van der Waals surface area contributed by atoms with Crippen molar-refractivity contribution in [2.45, 2.75) is 88.4 Å². The molecule has 9 rings (SSSR count). The highest BCUT2D eigenvalue weighted by Crippen LogP contribution is 2.36. The number of aryl methyl sites for hydroxylation is 1. The van der Waals surface area contributed by atoms with Crippen LogP contribution in [0.1, 0.15) is 106 Å². The summed E-state index contributed by atoms with van der Waals surface area (Å²) in [6, 6.07) is 6.03. The van der Waals surface area contributed by atoms with E-state index in [0.717, 1.165) is 30.7 Å². The Balaban J connectivity index is 0.766. The van der Waals surface area contributed by atoms with Crippen LogP contribution in [0.2, 0.25) is 0 Å². The van der Waals surface area contributed by atoms with Gasteiger partial charge in [-0.1, -0.05) is 12.1 Å². The lowest BCUT2D eigenvalue weighted by Gasteiger charge is -2.28. The maximum absolute atomic E-state index is 14.2. The fourth-order valence-electron chi connectivity index (χ4n) is 8.88. The molecule has 3 aromatic heterocycles. The fraction of sp³-hybridized carbons (Fsp3) is 0.487. The van der Waals surface area contributed by atoms with Gasteiger partial charge in [0.25, 0.3) is 24.1 Å². The molecule has 4 aliphatic heterocycles. The number of alkyl halides is 2. The molecule has 1 aliphatic carbocycles. The summed E-state index contributed by atoms with van der Waals surface area (Å²) < 4.78 is 43.2. The highest BCUT2D eigenvalue weighted by Gasteiger charge is 2.45. The summed E-state index contributed by atoms with van der Waals surface area (Å²) in [7, 11) is 0. The minimum atomic E-state index is -2.90. The molecule has 1 aromatic carbocycles.